The van der Waals surface area contributed by atoms with Gasteiger partial charge in [0.15, 0.2) is 0 Å². The largest absolute Gasteiger partial charge is 0.507 e. The van der Waals surface area contributed by atoms with Crippen molar-refractivity contribution in [3.8, 4) is 56.3 Å². The van der Waals surface area contributed by atoms with Crippen LogP contribution < -0.4 is 0 Å². The van der Waals surface area contributed by atoms with Crippen LogP contribution in [0.4, 0.5) is 0 Å². The van der Waals surface area contributed by atoms with E-state index in [-0.39, 0.29) is 48.5 Å². The van der Waals surface area contributed by atoms with Crippen LogP contribution in [0.15, 0.2) is 121 Å². The van der Waals surface area contributed by atoms with E-state index in [9.17, 15) is 5.11 Å². The van der Waals surface area contributed by atoms with Crippen molar-refractivity contribution in [3.63, 3.8) is 0 Å². The van der Waals surface area contributed by atoms with E-state index in [1.165, 1.54) is 33.0 Å². The molecule has 1 N–H and O–H groups in total. The Hall–Kier alpha value is -5.31. The summed E-state index contributed by atoms with van der Waals surface area (Å²) in [5.41, 5.74) is 15.2. The van der Waals surface area contributed by atoms with Gasteiger partial charge in [-0.25, -0.2) is 4.98 Å². The van der Waals surface area contributed by atoms with Crippen LogP contribution in [0, 0.1) is 13.0 Å². The van der Waals surface area contributed by atoms with Gasteiger partial charge in [0.25, 0.3) is 0 Å². The number of phenolic OH excluding ortho intramolecular Hbond substituents is 1. The van der Waals surface area contributed by atoms with Crippen molar-refractivity contribution < 1.29 is 26.2 Å². The van der Waals surface area contributed by atoms with Gasteiger partial charge < -0.3 is 5.11 Å². The molecule has 0 saturated carbocycles. The summed E-state index contributed by atoms with van der Waals surface area (Å²) in [6.07, 6.45) is 1.85. The molecule has 0 radical (unpaired) electrons. The summed E-state index contributed by atoms with van der Waals surface area (Å²) in [5, 5.41) is 14.8. The predicted molar refractivity (Wildman–Crippen MR) is 258 cm³/mol. The SMILES string of the molecule is Cc1ccnc(-c2[c-]c(-c3cccc4c3nc(-c3ccc(-c5c(C(C)(C)C)ccc6cc(C(C)(C)C)ccc56)cc3O)n4-c3cc(C(C)(C)C)cc(C(C)(C)C)c3)ccc2)c1.[Pt]. The van der Waals surface area contributed by atoms with E-state index < -0.39 is 0 Å². The molecule has 2 aromatic heterocycles. The summed E-state index contributed by atoms with van der Waals surface area (Å²) in [4.78, 5) is 10.2. The zero-order valence-corrected chi connectivity index (χ0v) is 40.9. The van der Waals surface area contributed by atoms with E-state index in [0.29, 0.717) is 11.4 Å². The Kier molecular flexibility index (Phi) is 11.6. The van der Waals surface area contributed by atoms with Crippen LogP contribution in [-0.4, -0.2) is 19.6 Å². The first-order valence-corrected chi connectivity index (χ1v) is 21.6. The Morgan fingerprint density at radius 1 is 0.581 bits per heavy atom. The summed E-state index contributed by atoms with van der Waals surface area (Å²) in [6, 6.07) is 44.9. The molecule has 0 fully saturated rings. The van der Waals surface area contributed by atoms with Crippen molar-refractivity contribution in [3.05, 3.63) is 155 Å². The van der Waals surface area contributed by atoms with E-state index in [1.807, 2.05) is 18.3 Å². The van der Waals surface area contributed by atoms with Crippen molar-refractivity contribution in [2.75, 3.05) is 0 Å². The molecule has 0 spiro atoms. The number of para-hydroxylation sites is 1. The molecular weight excluding hydrogens is 938 g/mol. The summed E-state index contributed by atoms with van der Waals surface area (Å²) >= 11 is 0. The number of hydrogen-bond donors (Lipinski definition) is 1. The zero-order valence-electron chi connectivity index (χ0n) is 38.7. The van der Waals surface area contributed by atoms with Gasteiger partial charge in [0.1, 0.15) is 11.6 Å². The number of imidazole rings is 1. The third-order valence-corrected chi connectivity index (χ3v) is 12.1. The van der Waals surface area contributed by atoms with Gasteiger partial charge in [-0.1, -0.05) is 160 Å². The number of fused-ring (bicyclic) bond motifs is 2. The fraction of sp³-hybridized carbons (Fsp3) is 0.298. The Bertz CT molecular complexity index is 2950. The Labute approximate surface area is 383 Å². The van der Waals surface area contributed by atoms with Gasteiger partial charge in [-0.15, -0.1) is 29.8 Å². The number of phenols is 1. The first-order chi connectivity index (χ1) is 28.6. The number of pyridine rings is 1. The van der Waals surface area contributed by atoms with Crippen molar-refractivity contribution in [1.82, 2.24) is 14.5 Å². The van der Waals surface area contributed by atoms with Crippen LogP contribution in [-0.2, 0) is 42.7 Å². The molecule has 0 aliphatic heterocycles. The second kappa shape index (κ2) is 16.1. The minimum absolute atomic E-state index is 0. The standard InChI is InChI=1S/C57H60N3O.Pt/c1-35-26-27-58-48(28-35)38-17-14-16-36(29-38)45-18-15-19-49-52(45)59-53(60(49)43-33-41(55(5,6)7)32-42(34-43)56(8,9)10)46-23-20-39(31-50(46)61)51-44-24-22-40(54(2,3)4)30-37(44)21-25-47(51)57(11,12)13;/h14-28,30-34,61H,1-13H3;/q-1;. The van der Waals surface area contributed by atoms with Crippen LogP contribution in [0.1, 0.15) is 111 Å². The molecule has 5 heteroatoms. The molecule has 0 unspecified atom stereocenters. The topological polar surface area (TPSA) is 50.9 Å². The smallest absolute Gasteiger partial charge is 0.148 e. The zero-order chi connectivity index (χ0) is 43.8. The first-order valence-electron chi connectivity index (χ1n) is 21.6. The minimum Gasteiger partial charge on any atom is -0.507 e. The summed E-state index contributed by atoms with van der Waals surface area (Å²) in [5.74, 6) is 0.860. The molecule has 0 atom stereocenters. The Morgan fingerprint density at radius 3 is 1.87 bits per heavy atom. The molecular formula is C57H60N3OPt-. The van der Waals surface area contributed by atoms with Gasteiger partial charge in [-0.2, -0.15) is 0 Å². The number of rotatable bonds is 5. The van der Waals surface area contributed by atoms with E-state index in [4.69, 9.17) is 4.98 Å². The van der Waals surface area contributed by atoms with Crippen LogP contribution in [0.2, 0.25) is 0 Å². The number of aryl methyl sites for hydroxylation is 1. The van der Waals surface area contributed by atoms with Gasteiger partial charge in [0, 0.05) is 38.6 Å². The molecule has 0 bridgehead atoms. The fourth-order valence-corrected chi connectivity index (χ4v) is 8.43. The van der Waals surface area contributed by atoms with Crippen molar-refractivity contribution in [2.24, 2.45) is 0 Å². The molecule has 6 aromatic carbocycles. The molecule has 0 aliphatic carbocycles. The molecule has 62 heavy (non-hydrogen) atoms. The maximum atomic E-state index is 12.4. The van der Waals surface area contributed by atoms with Gasteiger partial charge in [-0.05, 0) is 109 Å². The van der Waals surface area contributed by atoms with Gasteiger partial charge in [0.05, 0.1) is 16.6 Å². The first kappa shape index (κ1) is 44.7. The predicted octanol–water partition coefficient (Wildman–Crippen LogP) is 15.2. The number of nitrogens with zero attached hydrogens (tertiary/aromatic N) is 3. The van der Waals surface area contributed by atoms with Crippen molar-refractivity contribution in [2.45, 2.75) is 112 Å². The normalized spacial score (nSPS) is 12.5. The fourth-order valence-electron chi connectivity index (χ4n) is 8.43. The molecule has 320 valence electrons. The third-order valence-electron chi connectivity index (χ3n) is 12.1. The average molecular weight is 998 g/mol. The van der Waals surface area contributed by atoms with E-state index in [1.54, 1.807) is 0 Å². The quantitative estimate of drug-likeness (QED) is 0.175. The molecule has 8 rings (SSSR count). The third kappa shape index (κ3) is 8.56. The molecule has 0 aliphatic rings. The van der Waals surface area contributed by atoms with Crippen LogP contribution in [0.5, 0.6) is 5.75 Å². The average Bonchev–Trinajstić information content (AvgIpc) is 3.58. The number of aromatic hydroxyl groups is 1. The van der Waals surface area contributed by atoms with Crippen LogP contribution >= 0.6 is 0 Å². The maximum Gasteiger partial charge on any atom is 0.148 e. The molecule has 8 aromatic rings. The number of aromatic nitrogens is 3. The Balaban J connectivity index is 0.00000578. The molecule has 4 nitrogen and oxygen atoms in total. The van der Waals surface area contributed by atoms with Gasteiger partial charge in [-0.3, -0.25) is 9.55 Å². The monoisotopic (exact) mass is 997 g/mol. The number of hydrogen-bond acceptors (Lipinski definition) is 3. The maximum absolute atomic E-state index is 12.4. The van der Waals surface area contributed by atoms with Gasteiger partial charge in [0.2, 0.25) is 0 Å². The second-order valence-corrected chi connectivity index (χ2v) is 21.1. The van der Waals surface area contributed by atoms with E-state index in [0.717, 1.165) is 55.8 Å². The summed E-state index contributed by atoms with van der Waals surface area (Å²) < 4.78 is 2.25. The molecule has 0 amide bonds. The Morgan fingerprint density at radius 2 is 1.24 bits per heavy atom. The van der Waals surface area contributed by atoms with E-state index >= 15 is 0 Å². The second-order valence-electron chi connectivity index (χ2n) is 21.1. The van der Waals surface area contributed by atoms with Crippen molar-refractivity contribution >= 4 is 21.8 Å². The number of benzene rings is 6. The summed E-state index contributed by atoms with van der Waals surface area (Å²) in [6.45, 7) is 29.2. The van der Waals surface area contributed by atoms with E-state index in [2.05, 4.69) is 209 Å². The molecule has 2 heterocycles. The van der Waals surface area contributed by atoms with Crippen LogP contribution in [0.3, 0.4) is 0 Å². The van der Waals surface area contributed by atoms with Gasteiger partial charge >= 0.3 is 0 Å². The van der Waals surface area contributed by atoms with Crippen molar-refractivity contribution in [1.29, 1.82) is 0 Å². The molecule has 0 saturated heterocycles. The van der Waals surface area contributed by atoms with Crippen LogP contribution in [0.25, 0.3) is 72.4 Å². The minimum atomic E-state index is -0.128. The summed E-state index contributed by atoms with van der Waals surface area (Å²) in [7, 11) is 0.